The van der Waals surface area contributed by atoms with Gasteiger partial charge in [0.15, 0.2) is 5.58 Å². The Kier molecular flexibility index (Phi) is 3.22. The van der Waals surface area contributed by atoms with Crippen LogP contribution in [0.3, 0.4) is 0 Å². The monoisotopic (exact) mass is 363 g/mol. The summed E-state index contributed by atoms with van der Waals surface area (Å²) in [5, 5.41) is 0.903. The minimum atomic E-state index is -0.339. The van der Waals surface area contributed by atoms with Crippen LogP contribution in [-0.2, 0) is 4.74 Å². The molecule has 2 aromatic rings. The minimum Gasteiger partial charge on any atom is -0.465 e. The van der Waals surface area contributed by atoms with Gasteiger partial charge in [-0.25, -0.2) is 4.79 Å². The smallest absolute Gasteiger partial charge is 0.343 e. The molecule has 0 bridgehead atoms. The molecule has 5 heteroatoms. The van der Waals surface area contributed by atoms with Crippen molar-refractivity contribution in [3.8, 4) is 0 Å². The highest BCUT2D eigenvalue weighted by Gasteiger charge is 2.44. The van der Waals surface area contributed by atoms with Crippen LogP contribution in [0.4, 0.5) is 5.69 Å². The molecule has 1 aromatic carbocycles. The van der Waals surface area contributed by atoms with Gasteiger partial charge in [0, 0.05) is 22.9 Å². The molecule has 1 saturated carbocycles. The Morgan fingerprint density at radius 2 is 2.05 bits per heavy atom. The van der Waals surface area contributed by atoms with Gasteiger partial charge >= 0.3 is 5.97 Å². The van der Waals surface area contributed by atoms with Crippen LogP contribution in [0.1, 0.15) is 36.0 Å². The van der Waals surface area contributed by atoms with E-state index in [0.29, 0.717) is 16.6 Å². The van der Waals surface area contributed by atoms with Gasteiger partial charge in [-0.1, -0.05) is 0 Å². The van der Waals surface area contributed by atoms with E-state index in [9.17, 15) is 4.79 Å². The largest absolute Gasteiger partial charge is 0.465 e. The Labute approximate surface area is 137 Å². The van der Waals surface area contributed by atoms with E-state index in [1.165, 1.54) is 32.8 Å². The van der Waals surface area contributed by atoms with Gasteiger partial charge in [0.1, 0.15) is 5.56 Å². The first-order chi connectivity index (χ1) is 10.6. The molecule has 4 rings (SSSR count). The van der Waals surface area contributed by atoms with Crippen molar-refractivity contribution in [2.45, 2.75) is 25.7 Å². The van der Waals surface area contributed by atoms with Crippen molar-refractivity contribution in [3.63, 3.8) is 0 Å². The van der Waals surface area contributed by atoms with E-state index in [0.717, 1.165) is 28.6 Å². The van der Waals surface area contributed by atoms with Crippen LogP contribution < -0.4 is 4.90 Å². The Morgan fingerprint density at radius 3 is 2.68 bits per heavy atom. The molecule has 1 saturated heterocycles. The molecule has 2 fully saturated rings. The Morgan fingerprint density at radius 1 is 1.32 bits per heavy atom. The molecule has 2 aliphatic rings. The number of ether oxygens (including phenoxy) is 1. The SMILES string of the molecule is COC(=O)c1c(N2CCC3(CC2)CC3)cc(Br)c2ccoc12. The van der Waals surface area contributed by atoms with Crippen molar-refractivity contribution in [1.29, 1.82) is 0 Å². The van der Waals surface area contributed by atoms with E-state index < -0.39 is 0 Å². The van der Waals surface area contributed by atoms with Crippen LogP contribution >= 0.6 is 15.9 Å². The average Bonchev–Trinajstić information content (AvgIpc) is 3.10. The second-order valence-electron chi connectivity index (χ2n) is 6.39. The molecule has 1 aromatic heterocycles. The van der Waals surface area contributed by atoms with Crippen LogP contribution in [0.5, 0.6) is 0 Å². The Bertz CT molecular complexity index is 738. The van der Waals surface area contributed by atoms with Crippen molar-refractivity contribution in [2.24, 2.45) is 5.41 Å². The van der Waals surface area contributed by atoms with E-state index in [1.54, 1.807) is 6.26 Å². The number of carbonyl (C=O) groups is 1. The standard InChI is InChI=1S/C17H18BrNO3/c1-21-16(20)14-13(10-12(18)11-2-9-22-15(11)14)19-7-5-17(3-4-17)6-8-19/h2,9-10H,3-8H2,1H3. The number of halogens is 1. The molecule has 1 aliphatic heterocycles. The highest BCUT2D eigenvalue weighted by molar-refractivity contribution is 9.10. The van der Waals surface area contributed by atoms with Gasteiger partial charge < -0.3 is 14.1 Å². The molecule has 1 aliphatic carbocycles. The predicted octanol–water partition coefficient (Wildman–Crippen LogP) is 4.36. The highest BCUT2D eigenvalue weighted by atomic mass is 79.9. The Hall–Kier alpha value is -1.49. The molecule has 0 amide bonds. The first-order valence-electron chi connectivity index (χ1n) is 7.66. The van der Waals surface area contributed by atoms with Gasteiger partial charge in [-0.2, -0.15) is 0 Å². The summed E-state index contributed by atoms with van der Waals surface area (Å²) in [5.41, 5.74) is 2.66. The maximum atomic E-state index is 12.3. The van der Waals surface area contributed by atoms with E-state index in [4.69, 9.17) is 9.15 Å². The third-order valence-electron chi connectivity index (χ3n) is 5.18. The van der Waals surface area contributed by atoms with E-state index in [1.807, 2.05) is 12.1 Å². The van der Waals surface area contributed by atoms with Gasteiger partial charge in [-0.05, 0) is 59.2 Å². The highest BCUT2D eigenvalue weighted by Crippen LogP contribution is 2.54. The van der Waals surface area contributed by atoms with Gasteiger partial charge in [0.25, 0.3) is 0 Å². The molecule has 0 unspecified atom stereocenters. The number of hydrogen-bond acceptors (Lipinski definition) is 4. The average molecular weight is 364 g/mol. The summed E-state index contributed by atoms with van der Waals surface area (Å²) in [7, 11) is 1.42. The fourth-order valence-electron chi connectivity index (χ4n) is 3.52. The number of methoxy groups -OCH3 is 1. The topological polar surface area (TPSA) is 42.7 Å². The van der Waals surface area contributed by atoms with Crippen molar-refractivity contribution in [2.75, 3.05) is 25.1 Å². The van der Waals surface area contributed by atoms with Crippen molar-refractivity contribution >= 4 is 38.6 Å². The number of hydrogen-bond donors (Lipinski definition) is 0. The van der Waals surface area contributed by atoms with Gasteiger partial charge in [-0.3, -0.25) is 0 Å². The fraction of sp³-hybridized carbons (Fsp3) is 0.471. The number of benzene rings is 1. The van der Waals surface area contributed by atoms with E-state index >= 15 is 0 Å². The quantitative estimate of drug-likeness (QED) is 0.743. The lowest BCUT2D eigenvalue weighted by Gasteiger charge is -2.34. The van der Waals surface area contributed by atoms with Crippen LogP contribution in [0, 0.1) is 5.41 Å². The van der Waals surface area contributed by atoms with Gasteiger partial charge in [0.2, 0.25) is 0 Å². The maximum Gasteiger partial charge on any atom is 0.343 e. The lowest BCUT2D eigenvalue weighted by Crippen LogP contribution is -2.35. The number of carbonyl (C=O) groups excluding carboxylic acids is 1. The molecule has 0 radical (unpaired) electrons. The van der Waals surface area contributed by atoms with Crippen LogP contribution in [-0.4, -0.2) is 26.2 Å². The minimum absolute atomic E-state index is 0.339. The molecular weight excluding hydrogens is 346 g/mol. The normalized spacial score (nSPS) is 19.6. The maximum absolute atomic E-state index is 12.3. The lowest BCUT2D eigenvalue weighted by atomic mass is 9.93. The molecule has 22 heavy (non-hydrogen) atoms. The van der Waals surface area contributed by atoms with Crippen LogP contribution in [0.2, 0.25) is 0 Å². The lowest BCUT2D eigenvalue weighted by molar-refractivity contribution is 0.0602. The zero-order valence-electron chi connectivity index (χ0n) is 12.5. The van der Waals surface area contributed by atoms with Crippen molar-refractivity contribution in [3.05, 3.63) is 28.4 Å². The first-order valence-corrected chi connectivity index (χ1v) is 8.46. The number of anilines is 1. The molecule has 0 atom stereocenters. The zero-order chi connectivity index (χ0) is 15.3. The molecule has 0 N–H and O–H groups in total. The van der Waals surface area contributed by atoms with Crippen LogP contribution in [0.15, 0.2) is 27.3 Å². The summed E-state index contributed by atoms with van der Waals surface area (Å²) >= 11 is 3.59. The molecule has 1 spiro atoms. The summed E-state index contributed by atoms with van der Waals surface area (Å²) in [6.45, 7) is 1.98. The number of nitrogens with zero attached hydrogens (tertiary/aromatic N) is 1. The van der Waals surface area contributed by atoms with Crippen molar-refractivity contribution < 1.29 is 13.9 Å². The van der Waals surface area contributed by atoms with Gasteiger partial charge in [-0.15, -0.1) is 0 Å². The summed E-state index contributed by atoms with van der Waals surface area (Å²) in [6.07, 6.45) is 6.76. The predicted molar refractivity (Wildman–Crippen MR) is 88.4 cm³/mol. The van der Waals surface area contributed by atoms with Crippen LogP contribution in [0.25, 0.3) is 11.0 Å². The summed E-state index contributed by atoms with van der Waals surface area (Å²) in [4.78, 5) is 14.6. The molecule has 116 valence electrons. The third-order valence-corrected chi connectivity index (χ3v) is 5.84. The van der Waals surface area contributed by atoms with E-state index in [2.05, 4.69) is 20.8 Å². The third kappa shape index (κ3) is 2.14. The first kappa shape index (κ1) is 14.1. The number of piperidine rings is 1. The summed E-state index contributed by atoms with van der Waals surface area (Å²) < 4.78 is 11.5. The number of rotatable bonds is 2. The molecular formula is C17H18BrNO3. The second-order valence-corrected chi connectivity index (χ2v) is 7.25. The molecule has 4 nitrogen and oxygen atoms in total. The number of fused-ring (bicyclic) bond motifs is 1. The summed E-state index contributed by atoms with van der Waals surface area (Å²) in [5.74, 6) is -0.339. The second kappa shape index (κ2) is 5.01. The van der Waals surface area contributed by atoms with E-state index in [-0.39, 0.29) is 5.97 Å². The van der Waals surface area contributed by atoms with Gasteiger partial charge in [0.05, 0.1) is 19.1 Å². The molecule has 2 heterocycles. The Balaban J connectivity index is 1.80. The summed E-state index contributed by atoms with van der Waals surface area (Å²) in [6, 6.07) is 3.89. The number of esters is 1. The number of furan rings is 1. The van der Waals surface area contributed by atoms with Crippen molar-refractivity contribution in [1.82, 2.24) is 0 Å². The zero-order valence-corrected chi connectivity index (χ0v) is 14.1. The fourth-order valence-corrected chi connectivity index (χ4v) is 4.05.